The molecule has 0 fully saturated rings. The first kappa shape index (κ1) is 12.6. The van der Waals surface area contributed by atoms with Crippen LogP contribution in [-0.2, 0) is 0 Å². The monoisotopic (exact) mass is 200 g/mol. The Morgan fingerprint density at radius 2 is 1.46 bits per heavy atom. The van der Waals surface area contributed by atoms with Crippen molar-refractivity contribution in [3.8, 4) is 0 Å². The molecule has 0 radical (unpaired) electrons. The van der Waals surface area contributed by atoms with Crippen LogP contribution in [0.15, 0.2) is 30.3 Å². The van der Waals surface area contributed by atoms with Crippen molar-refractivity contribution >= 4 is 13.7 Å². The van der Waals surface area contributed by atoms with E-state index >= 15 is 0 Å². The third-order valence-corrected chi connectivity index (χ3v) is 2.25. The zero-order valence-corrected chi connectivity index (χ0v) is 9.04. The molecule has 0 aromatic heterocycles. The van der Waals surface area contributed by atoms with Crippen molar-refractivity contribution in [3.63, 3.8) is 0 Å². The molecule has 0 unspecified atom stereocenters. The van der Waals surface area contributed by atoms with Gasteiger partial charge in [-0.2, -0.15) is 0 Å². The lowest BCUT2D eigenvalue weighted by Crippen LogP contribution is -1.96. The van der Waals surface area contributed by atoms with E-state index in [9.17, 15) is 0 Å². The number of rotatable bonds is 2. The largest absolute Gasteiger partial charge is 0.347 e. The highest BCUT2D eigenvalue weighted by Crippen LogP contribution is 2.20. The lowest BCUT2D eigenvalue weighted by molar-refractivity contribution is 0.497. The van der Waals surface area contributed by atoms with E-state index in [1.807, 2.05) is 6.07 Å². The Bertz CT molecular complexity index is 197. The molecular weight excluding hydrogens is 183 g/mol. The summed E-state index contributed by atoms with van der Waals surface area (Å²) in [6.07, 6.45) is 2.64. The van der Waals surface area contributed by atoms with E-state index in [0.717, 1.165) is 0 Å². The Morgan fingerprint density at radius 1 is 1.00 bits per heavy atom. The minimum atomic E-state index is -1.90. The van der Waals surface area contributed by atoms with Gasteiger partial charge in [0, 0.05) is 5.30 Å². The third-order valence-electron chi connectivity index (χ3n) is 1.49. The first-order valence-corrected chi connectivity index (χ1v) is 5.70. The maximum Gasteiger partial charge on any atom is 0.199 e. The van der Waals surface area contributed by atoms with Crippen molar-refractivity contribution in [3.05, 3.63) is 30.3 Å². The van der Waals surface area contributed by atoms with Gasteiger partial charge in [0.15, 0.2) is 8.38 Å². The van der Waals surface area contributed by atoms with Crippen molar-refractivity contribution in [2.75, 3.05) is 0 Å². The average molecular weight is 200 g/mol. The molecule has 2 nitrogen and oxygen atoms in total. The topological polar surface area (TPSA) is 40.5 Å². The molecule has 0 heterocycles. The zero-order valence-electron chi connectivity index (χ0n) is 8.14. The minimum Gasteiger partial charge on any atom is -0.347 e. The molecule has 0 spiro atoms. The molecule has 3 heteroatoms. The fourth-order valence-corrected chi connectivity index (χ4v) is 1.00. The van der Waals surface area contributed by atoms with E-state index in [-0.39, 0.29) is 0 Å². The van der Waals surface area contributed by atoms with Crippen molar-refractivity contribution in [1.82, 2.24) is 0 Å². The zero-order chi connectivity index (χ0) is 10.1. The van der Waals surface area contributed by atoms with Crippen LogP contribution in [-0.4, -0.2) is 9.79 Å². The molecule has 0 saturated heterocycles. The maximum atomic E-state index is 8.64. The molecule has 0 saturated carbocycles. The first-order chi connectivity index (χ1) is 6.22. The van der Waals surface area contributed by atoms with Crippen LogP contribution in [0.2, 0.25) is 0 Å². The Morgan fingerprint density at radius 3 is 1.69 bits per heavy atom. The first-order valence-electron chi connectivity index (χ1n) is 4.45. The van der Waals surface area contributed by atoms with Gasteiger partial charge in [0.05, 0.1) is 0 Å². The fraction of sp³-hybridized carbons (Fsp3) is 0.400. The second kappa shape index (κ2) is 8.18. The van der Waals surface area contributed by atoms with Gasteiger partial charge in [-0.1, -0.05) is 44.9 Å². The van der Waals surface area contributed by atoms with Crippen LogP contribution in [0.25, 0.3) is 0 Å². The molecule has 0 aliphatic carbocycles. The summed E-state index contributed by atoms with van der Waals surface area (Å²) < 4.78 is 0. The second-order valence-electron chi connectivity index (χ2n) is 2.62. The van der Waals surface area contributed by atoms with E-state index in [1.165, 1.54) is 12.8 Å². The molecule has 74 valence electrons. The molecule has 0 amide bonds. The van der Waals surface area contributed by atoms with E-state index in [0.29, 0.717) is 5.30 Å². The lowest BCUT2D eigenvalue weighted by atomic mass is 10.4. The summed E-state index contributed by atoms with van der Waals surface area (Å²) in [5, 5.41) is 0.590. The van der Waals surface area contributed by atoms with Gasteiger partial charge in [0.25, 0.3) is 0 Å². The molecule has 1 rings (SSSR count). The standard InChI is InChI=1S/C6H7O2P.C4H10/c7-9(8)6-4-2-1-3-5-6;1-3-4-2/h1-5,7-8H;3-4H2,1-2H3. The molecule has 1 aromatic rings. The predicted molar refractivity (Wildman–Crippen MR) is 58.0 cm³/mol. The Hall–Kier alpha value is -0.430. The SMILES string of the molecule is CCCC.OP(O)c1ccccc1. The Balaban J connectivity index is 0.000000310. The highest BCUT2D eigenvalue weighted by molar-refractivity contribution is 7.53. The van der Waals surface area contributed by atoms with Gasteiger partial charge in [-0.15, -0.1) is 0 Å². The highest BCUT2D eigenvalue weighted by Gasteiger charge is 1.98. The molecular formula is C10H17O2P. The minimum absolute atomic E-state index is 0.590. The van der Waals surface area contributed by atoms with E-state index < -0.39 is 8.38 Å². The normalized spacial score (nSPS) is 9.31. The van der Waals surface area contributed by atoms with E-state index in [1.54, 1.807) is 24.3 Å². The average Bonchev–Trinajstić information content (AvgIpc) is 2.19. The van der Waals surface area contributed by atoms with Crippen molar-refractivity contribution in [2.45, 2.75) is 26.7 Å². The number of benzene rings is 1. The van der Waals surface area contributed by atoms with Crippen LogP contribution in [0, 0.1) is 0 Å². The molecule has 0 aliphatic heterocycles. The molecule has 1 aromatic carbocycles. The van der Waals surface area contributed by atoms with Gasteiger partial charge >= 0.3 is 0 Å². The summed E-state index contributed by atoms with van der Waals surface area (Å²) in [7, 11) is -1.90. The van der Waals surface area contributed by atoms with Gasteiger partial charge in [-0.05, 0) is 12.1 Å². The highest BCUT2D eigenvalue weighted by atomic mass is 31.2. The lowest BCUT2D eigenvalue weighted by Gasteiger charge is -1.98. The van der Waals surface area contributed by atoms with E-state index in [4.69, 9.17) is 9.79 Å². The molecule has 13 heavy (non-hydrogen) atoms. The summed E-state index contributed by atoms with van der Waals surface area (Å²) in [6, 6.07) is 8.76. The third kappa shape index (κ3) is 6.71. The summed E-state index contributed by atoms with van der Waals surface area (Å²) in [5.41, 5.74) is 0. The van der Waals surface area contributed by atoms with Crippen molar-refractivity contribution in [2.24, 2.45) is 0 Å². The molecule has 0 atom stereocenters. The smallest absolute Gasteiger partial charge is 0.199 e. The fourth-order valence-electron chi connectivity index (χ4n) is 0.561. The van der Waals surface area contributed by atoms with Crippen LogP contribution in [0.4, 0.5) is 0 Å². The van der Waals surface area contributed by atoms with Crippen LogP contribution >= 0.6 is 8.38 Å². The Labute approximate surface area is 81.2 Å². The summed E-state index contributed by atoms with van der Waals surface area (Å²) in [5.74, 6) is 0. The summed E-state index contributed by atoms with van der Waals surface area (Å²) >= 11 is 0. The van der Waals surface area contributed by atoms with Crippen LogP contribution < -0.4 is 5.30 Å². The Kier molecular flexibility index (Phi) is 7.91. The molecule has 0 aliphatic rings. The van der Waals surface area contributed by atoms with Crippen LogP contribution in [0.1, 0.15) is 26.7 Å². The molecule has 2 N–H and O–H groups in total. The van der Waals surface area contributed by atoms with Gasteiger partial charge in [-0.3, -0.25) is 0 Å². The number of hydrogen-bond acceptors (Lipinski definition) is 2. The summed E-state index contributed by atoms with van der Waals surface area (Å²) in [4.78, 5) is 17.3. The molecule has 0 bridgehead atoms. The van der Waals surface area contributed by atoms with Crippen molar-refractivity contribution in [1.29, 1.82) is 0 Å². The van der Waals surface area contributed by atoms with Gasteiger partial charge in [0.1, 0.15) is 0 Å². The quantitative estimate of drug-likeness (QED) is 0.720. The second-order valence-corrected chi connectivity index (χ2v) is 3.72. The predicted octanol–water partition coefficient (Wildman–Crippen LogP) is 2.41. The number of hydrogen-bond donors (Lipinski definition) is 2. The van der Waals surface area contributed by atoms with Gasteiger partial charge in [-0.25, -0.2) is 0 Å². The van der Waals surface area contributed by atoms with Crippen molar-refractivity contribution < 1.29 is 9.79 Å². The van der Waals surface area contributed by atoms with Crippen LogP contribution in [0.5, 0.6) is 0 Å². The number of unbranched alkanes of at least 4 members (excludes halogenated alkanes) is 1. The van der Waals surface area contributed by atoms with Gasteiger partial charge < -0.3 is 9.79 Å². The van der Waals surface area contributed by atoms with Crippen LogP contribution in [0.3, 0.4) is 0 Å². The van der Waals surface area contributed by atoms with Gasteiger partial charge in [0.2, 0.25) is 0 Å². The maximum absolute atomic E-state index is 8.64. The summed E-state index contributed by atoms with van der Waals surface area (Å²) in [6.45, 7) is 4.36. The van der Waals surface area contributed by atoms with E-state index in [2.05, 4.69) is 13.8 Å².